The molecule has 0 saturated carbocycles. The molecule has 25 heavy (non-hydrogen) atoms. The molecule has 126 valence electrons. The van der Waals surface area contributed by atoms with Gasteiger partial charge in [0.1, 0.15) is 16.1 Å². The van der Waals surface area contributed by atoms with Crippen LogP contribution < -0.4 is 11.0 Å². The van der Waals surface area contributed by atoms with E-state index < -0.39 is 0 Å². The van der Waals surface area contributed by atoms with E-state index in [2.05, 4.69) is 15.6 Å². The van der Waals surface area contributed by atoms with Gasteiger partial charge in [-0.1, -0.05) is 42.1 Å². The summed E-state index contributed by atoms with van der Waals surface area (Å²) in [4.78, 5) is 25.2. The highest BCUT2D eigenvalue weighted by molar-refractivity contribution is 8.00. The van der Waals surface area contributed by atoms with Gasteiger partial charge in [-0.2, -0.15) is 5.10 Å². The normalized spacial score (nSPS) is 21.5. The number of rotatable bonds is 1. The fourth-order valence-electron chi connectivity index (χ4n) is 3.82. The van der Waals surface area contributed by atoms with Crippen LogP contribution in [-0.2, 0) is 4.79 Å². The molecule has 2 N–H and O–H groups in total. The average molecular weight is 352 g/mol. The Kier molecular flexibility index (Phi) is 3.24. The topological polar surface area (TPSA) is 78.1 Å². The summed E-state index contributed by atoms with van der Waals surface area (Å²) in [5.41, 5.74) is 7.05. The maximum absolute atomic E-state index is 12.8. The van der Waals surface area contributed by atoms with Crippen molar-refractivity contribution in [3.63, 3.8) is 0 Å². The van der Waals surface area contributed by atoms with Crippen LogP contribution >= 0.6 is 11.8 Å². The first kappa shape index (κ1) is 14.8. The molecular formula is C18H16N4O2S. The summed E-state index contributed by atoms with van der Waals surface area (Å²) < 4.78 is 0. The second-order valence-corrected chi connectivity index (χ2v) is 7.51. The quantitative estimate of drug-likeness (QED) is 0.825. The van der Waals surface area contributed by atoms with Crippen LogP contribution in [0.4, 0.5) is 5.69 Å². The lowest BCUT2D eigenvalue weighted by atomic mass is 9.94. The number of nitrogens with zero attached hydrogens (tertiary/aromatic N) is 2. The molecule has 1 unspecified atom stereocenters. The van der Waals surface area contributed by atoms with Gasteiger partial charge in [-0.3, -0.25) is 15.0 Å². The van der Waals surface area contributed by atoms with Crippen molar-refractivity contribution in [1.82, 2.24) is 15.2 Å². The lowest BCUT2D eigenvalue weighted by Gasteiger charge is -2.33. The van der Waals surface area contributed by atoms with Gasteiger partial charge in [0.2, 0.25) is 0 Å². The first-order valence-electron chi connectivity index (χ1n) is 8.41. The van der Waals surface area contributed by atoms with Gasteiger partial charge in [0.25, 0.3) is 11.5 Å². The van der Waals surface area contributed by atoms with Gasteiger partial charge in [-0.05, 0) is 36.8 Å². The number of aromatic amines is 1. The number of benzene rings is 1. The summed E-state index contributed by atoms with van der Waals surface area (Å²) in [7, 11) is 0. The smallest absolute Gasteiger partial charge is 0.274 e. The molecule has 1 atom stereocenters. The number of carbonyl (C=O) groups is 1. The Morgan fingerprint density at radius 1 is 1.12 bits per heavy atom. The first-order chi connectivity index (χ1) is 12.2. The minimum atomic E-state index is -0.263. The van der Waals surface area contributed by atoms with Crippen LogP contribution in [0.25, 0.3) is 11.1 Å². The Hall–Kier alpha value is -2.54. The van der Waals surface area contributed by atoms with E-state index in [1.165, 1.54) is 17.3 Å². The molecule has 2 aromatic rings. The van der Waals surface area contributed by atoms with Crippen LogP contribution in [-0.4, -0.2) is 26.5 Å². The second kappa shape index (κ2) is 5.49. The van der Waals surface area contributed by atoms with Gasteiger partial charge in [0, 0.05) is 5.57 Å². The highest BCUT2D eigenvalue weighted by Crippen LogP contribution is 2.48. The molecule has 0 fully saturated rings. The number of amides is 1. The standard InChI is InChI=1S/C18H16N4O2S/c23-15-13(10-6-2-1-3-7-10)14-16(20-19-15)25-18-12-9-5-4-8-11(12)17(24)22(18)21-14/h1-3,6-7,18,21H,4-5,8-9H2,(H,19,23). The molecule has 5 rings (SSSR count). The summed E-state index contributed by atoms with van der Waals surface area (Å²) in [6.45, 7) is 0. The maximum Gasteiger partial charge on any atom is 0.274 e. The molecule has 1 aromatic heterocycles. The van der Waals surface area contributed by atoms with Crippen molar-refractivity contribution in [2.24, 2.45) is 0 Å². The SMILES string of the molecule is O=C1C2=C(CCCC2)C2Sc3n[nH]c(=O)c(-c4ccccc4)c3NN12. The molecule has 0 spiro atoms. The van der Waals surface area contributed by atoms with Gasteiger partial charge in [-0.15, -0.1) is 0 Å². The number of carbonyl (C=O) groups excluding carboxylic acids is 1. The van der Waals surface area contributed by atoms with E-state index in [0.29, 0.717) is 11.3 Å². The zero-order valence-corrected chi connectivity index (χ0v) is 14.2. The number of H-pyrrole nitrogens is 1. The Balaban J connectivity index is 1.63. The van der Waals surface area contributed by atoms with E-state index in [-0.39, 0.29) is 16.8 Å². The predicted molar refractivity (Wildman–Crippen MR) is 95.9 cm³/mol. The Bertz CT molecular complexity index is 967. The number of hydrazine groups is 1. The molecule has 6 nitrogen and oxygen atoms in total. The summed E-state index contributed by atoms with van der Waals surface area (Å²) in [6.07, 6.45) is 3.99. The number of anilines is 1. The van der Waals surface area contributed by atoms with Gasteiger partial charge >= 0.3 is 0 Å². The third-order valence-corrected chi connectivity index (χ3v) is 6.23. The van der Waals surface area contributed by atoms with Crippen LogP contribution in [0.3, 0.4) is 0 Å². The molecule has 1 aromatic carbocycles. The van der Waals surface area contributed by atoms with E-state index in [0.717, 1.165) is 41.8 Å². The van der Waals surface area contributed by atoms with Gasteiger partial charge < -0.3 is 0 Å². The van der Waals surface area contributed by atoms with E-state index in [4.69, 9.17) is 0 Å². The van der Waals surface area contributed by atoms with Gasteiger partial charge in [-0.25, -0.2) is 10.1 Å². The van der Waals surface area contributed by atoms with Crippen molar-refractivity contribution < 1.29 is 4.79 Å². The van der Waals surface area contributed by atoms with E-state index in [1.807, 2.05) is 30.3 Å². The molecule has 1 aliphatic carbocycles. The Morgan fingerprint density at radius 3 is 2.76 bits per heavy atom. The second-order valence-electron chi connectivity index (χ2n) is 6.44. The van der Waals surface area contributed by atoms with E-state index in [1.54, 1.807) is 5.01 Å². The first-order valence-corrected chi connectivity index (χ1v) is 9.29. The summed E-state index contributed by atoms with van der Waals surface area (Å²) in [5.74, 6) is 0.0390. The molecular weight excluding hydrogens is 336 g/mol. The maximum atomic E-state index is 12.8. The van der Waals surface area contributed by atoms with Crippen molar-refractivity contribution in [1.29, 1.82) is 0 Å². The molecule has 3 heterocycles. The average Bonchev–Trinajstić information content (AvgIpc) is 2.93. The zero-order chi connectivity index (χ0) is 17.0. The number of fused-ring (bicyclic) bond motifs is 3. The largest absolute Gasteiger partial charge is 0.291 e. The highest BCUT2D eigenvalue weighted by atomic mass is 32.2. The van der Waals surface area contributed by atoms with Crippen LogP contribution in [0.2, 0.25) is 0 Å². The van der Waals surface area contributed by atoms with Crippen LogP contribution in [0.5, 0.6) is 0 Å². The van der Waals surface area contributed by atoms with Gasteiger partial charge in [0.15, 0.2) is 0 Å². The minimum absolute atomic E-state index is 0.0390. The van der Waals surface area contributed by atoms with Crippen molar-refractivity contribution in [2.75, 3.05) is 5.43 Å². The lowest BCUT2D eigenvalue weighted by molar-refractivity contribution is -0.124. The predicted octanol–water partition coefficient (Wildman–Crippen LogP) is 2.91. The fraction of sp³-hybridized carbons (Fsp3) is 0.278. The van der Waals surface area contributed by atoms with Crippen LogP contribution in [0.1, 0.15) is 25.7 Å². The number of thioether (sulfide) groups is 1. The molecule has 7 heteroatoms. The van der Waals surface area contributed by atoms with Crippen molar-refractivity contribution >= 4 is 23.4 Å². The third kappa shape index (κ3) is 2.15. The van der Waals surface area contributed by atoms with Crippen LogP contribution in [0.15, 0.2) is 51.3 Å². The van der Waals surface area contributed by atoms with Gasteiger partial charge in [0.05, 0.1) is 5.56 Å². The molecule has 2 aliphatic heterocycles. The molecule has 1 amide bonds. The third-order valence-electron chi connectivity index (χ3n) is 4.99. The van der Waals surface area contributed by atoms with Crippen LogP contribution in [0, 0.1) is 0 Å². The van der Waals surface area contributed by atoms with Crippen molar-refractivity contribution in [3.8, 4) is 11.1 Å². The Labute approximate surface area is 148 Å². The highest BCUT2D eigenvalue weighted by Gasteiger charge is 2.44. The number of hydrogen-bond donors (Lipinski definition) is 2. The molecule has 0 saturated heterocycles. The zero-order valence-electron chi connectivity index (χ0n) is 13.4. The van der Waals surface area contributed by atoms with E-state index in [9.17, 15) is 9.59 Å². The monoisotopic (exact) mass is 352 g/mol. The number of aromatic nitrogens is 2. The summed E-state index contributed by atoms with van der Waals surface area (Å²) in [5, 5.41) is 9.18. The summed E-state index contributed by atoms with van der Waals surface area (Å²) >= 11 is 1.54. The lowest BCUT2D eigenvalue weighted by Crippen LogP contribution is -2.42. The van der Waals surface area contributed by atoms with Crippen molar-refractivity contribution in [2.45, 2.75) is 36.1 Å². The molecule has 3 aliphatic rings. The van der Waals surface area contributed by atoms with Crippen molar-refractivity contribution in [3.05, 3.63) is 51.8 Å². The number of nitrogens with one attached hydrogen (secondary N) is 2. The molecule has 0 radical (unpaired) electrons. The fourth-order valence-corrected chi connectivity index (χ4v) is 5.05. The summed E-state index contributed by atoms with van der Waals surface area (Å²) in [6, 6.07) is 9.46. The number of hydrogen-bond acceptors (Lipinski definition) is 5. The van der Waals surface area contributed by atoms with E-state index >= 15 is 0 Å². The molecule has 0 bridgehead atoms. The minimum Gasteiger partial charge on any atom is -0.291 e. The Morgan fingerprint density at radius 2 is 1.92 bits per heavy atom.